The molecular weight excluding hydrogens is 206 g/mol. The van der Waals surface area contributed by atoms with E-state index in [1.165, 1.54) is 0 Å². The number of hydrogen-bond donors (Lipinski definition) is 2. The summed E-state index contributed by atoms with van der Waals surface area (Å²) < 4.78 is 0. The van der Waals surface area contributed by atoms with Gasteiger partial charge in [0.15, 0.2) is 0 Å². The lowest BCUT2D eigenvalue weighted by Crippen LogP contribution is -2.39. The third-order valence-corrected chi connectivity index (χ3v) is 2.87. The van der Waals surface area contributed by atoms with E-state index >= 15 is 0 Å². The number of rotatable bonds is 2. The highest BCUT2D eigenvalue weighted by Crippen LogP contribution is 2.21. The van der Waals surface area contributed by atoms with E-state index in [1.54, 1.807) is 12.3 Å². The highest BCUT2D eigenvalue weighted by Gasteiger charge is 2.25. The Morgan fingerprint density at radius 3 is 3.00 bits per heavy atom. The molecule has 1 atom stereocenters. The summed E-state index contributed by atoms with van der Waals surface area (Å²) in [5.74, 6) is -0.201. The van der Waals surface area contributed by atoms with Crippen LogP contribution in [0.2, 0.25) is 0 Å². The zero-order valence-electron chi connectivity index (χ0n) is 8.97. The summed E-state index contributed by atoms with van der Waals surface area (Å²) in [5, 5.41) is 8.98. The van der Waals surface area contributed by atoms with Gasteiger partial charge in [0.25, 0.3) is 0 Å². The van der Waals surface area contributed by atoms with Crippen molar-refractivity contribution >= 4 is 17.5 Å². The molecule has 0 bridgehead atoms. The number of piperidine rings is 1. The smallest absolute Gasteiger partial charge is 0.308 e. The maximum Gasteiger partial charge on any atom is 0.308 e. The molecule has 3 N–H and O–H groups in total. The van der Waals surface area contributed by atoms with Crippen molar-refractivity contribution in [3.63, 3.8) is 0 Å². The Balaban J connectivity index is 2.09. The predicted molar refractivity (Wildman–Crippen MR) is 61.2 cm³/mol. The van der Waals surface area contributed by atoms with Gasteiger partial charge in [-0.25, -0.2) is 4.98 Å². The number of pyridine rings is 1. The minimum absolute atomic E-state index is 0.284. The molecule has 16 heavy (non-hydrogen) atoms. The van der Waals surface area contributed by atoms with Crippen molar-refractivity contribution in [1.82, 2.24) is 4.98 Å². The quantitative estimate of drug-likeness (QED) is 0.777. The van der Waals surface area contributed by atoms with Crippen molar-refractivity contribution in [2.45, 2.75) is 12.8 Å². The molecule has 1 aliphatic heterocycles. The van der Waals surface area contributed by atoms with E-state index in [-0.39, 0.29) is 5.92 Å². The van der Waals surface area contributed by atoms with Gasteiger partial charge >= 0.3 is 5.97 Å². The van der Waals surface area contributed by atoms with E-state index in [0.29, 0.717) is 12.2 Å². The molecule has 0 aliphatic carbocycles. The van der Waals surface area contributed by atoms with Crippen LogP contribution in [0.5, 0.6) is 0 Å². The Hall–Kier alpha value is -1.78. The lowest BCUT2D eigenvalue weighted by atomic mass is 9.98. The van der Waals surface area contributed by atoms with Crippen LogP contribution in [0, 0.1) is 5.92 Å². The molecule has 0 amide bonds. The first kappa shape index (κ1) is 10.7. The highest BCUT2D eigenvalue weighted by atomic mass is 16.4. The van der Waals surface area contributed by atoms with Gasteiger partial charge in [0, 0.05) is 13.1 Å². The number of carboxylic acid groups (broad SMARTS) is 1. The molecule has 86 valence electrons. The molecule has 5 heteroatoms. The molecule has 1 saturated heterocycles. The third kappa shape index (κ3) is 2.24. The average molecular weight is 221 g/mol. The van der Waals surface area contributed by atoms with Gasteiger partial charge in [0.1, 0.15) is 5.82 Å². The fraction of sp³-hybridized carbons (Fsp3) is 0.455. The number of nitrogen functional groups attached to an aromatic ring is 1. The first-order valence-electron chi connectivity index (χ1n) is 5.36. The molecule has 1 aromatic heterocycles. The van der Waals surface area contributed by atoms with E-state index in [1.807, 2.05) is 11.0 Å². The molecule has 2 rings (SSSR count). The van der Waals surface area contributed by atoms with Crippen molar-refractivity contribution in [3.05, 3.63) is 18.3 Å². The van der Waals surface area contributed by atoms with Crippen LogP contribution in [0.15, 0.2) is 18.3 Å². The molecule has 1 aromatic rings. The maximum atomic E-state index is 10.9. The number of anilines is 2. The largest absolute Gasteiger partial charge is 0.481 e. The first-order valence-corrected chi connectivity index (χ1v) is 5.36. The Morgan fingerprint density at radius 2 is 2.38 bits per heavy atom. The van der Waals surface area contributed by atoms with Crippen LogP contribution < -0.4 is 10.6 Å². The predicted octanol–water partition coefficient (Wildman–Crippen LogP) is 0.965. The van der Waals surface area contributed by atoms with Crippen molar-refractivity contribution in [3.8, 4) is 0 Å². The topological polar surface area (TPSA) is 79.5 Å². The van der Waals surface area contributed by atoms with Crippen molar-refractivity contribution < 1.29 is 9.90 Å². The van der Waals surface area contributed by atoms with E-state index in [2.05, 4.69) is 4.98 Å². The summed E-state index contributed by atoms with van der Waals surface area (Å²) in [6, 6.07) is 3.62. The molecule has 1 fully saturated rings. The van der Waals surface area contributed by atoms with E-state index < -0.39 is 5.97 Å². The molecule has 1 unspecified atom stereocenters. The van der Waals surface area contributed by atoms with Crippen LogP contribution in [0.25, 0.3) is 0 Å². The summed E-state index contributed by atoms with van der Waals surface area (Å²) >= 11 is 0. The molecule has 0 saturated carbocycles. The van der Waals surface area contributed by atoms with Crippen LogP contribution in [0.4, 0.5) is 11.5 Å². The zero-order chi connectivity index (χ0) is 11.5. The fourth-order valence-electron chi connectivity index (χ4n) is 1.97. The van der Waals surface area contributed by atoms with Crippen molar-refractivity contribution in [2.75, 3.05) is 23.7 Å². The minimum Gasteiger partial charge on any atom is -0.481 e. The number of aromatic nitrogens is 1. The number of nitrogens with zero attached hydrogens (tertiary/aromatic N) is 2. The average Bonchev–Trinajstić information content (AvgIpc) is 2.30. The second-order valence-corrected chi connectivity index (χ2v) is 4.07. The van der Waals surface area contributed by atoms with Crippen LogP contribution in [-0.4, -0.2) is 29.1 Å². The fourth-order valence-corrected chi connectivity index (χ4v) is 1.97. The highest BCUT2D eigenvalue weighted by molar-refractivity contribution is 5.71. The molecule has 0 spiro atoms. The van der Waals surface area contributed by atoms with Gasteiger partial charge in [0.2, 0.25) is 0 Å². The Bertz CT molecular complexity index is 377. The van der Waals surface area contributed by atoms with E-state index in [0.717, 1.165) is 25.2 Å². The van der Waals surface area contributed by atoms with Gasteiger partial charge in [-0.1, -0.05) is 0 Å². The lowest BCUT2D eigenvalue weighted by Gasteiger charge is -2.31. The molecule has 5 nitrogen and oxygen atoms in total. The van der Waals surface area contributed by atoms with Gasteiger partial charge in [-0.05, 0) is 25.0 Å². The SMILES string of the molecule is Nc1ccc(N2CCCC(C(=O)O)C2)nc1. The van der Waals surface area contributed by atoms with Gasteiger partial charge in [-0.15, -0.1) is 0 Å². The Morgan fingerprint density at radius 1 is 1.56 bits per heavy atom. The summed E-state index contributed by atoms with van der Waals surface area (Å²) in [4.78, 5) is 17.1. The van der Waals surface area contributed by atoms with Gasteiger partial charge in [-0.3, -0.25) is 4.79 Å². The van der Waals surface area contributed by atoms with E-state index in [4.69, 9.17) is 10.8 Å². The molecule has 0 radical (unpaired) electrons. The zero-order valence-corrected chi connectivity index (χ0v) is 8.97. The first-order chi connectivity index (χ1) is 7.66. The van der Waals surface area contributed by atoms with E-state index in [9.17, 15) is 4.79 Å². The van der Waals surface area contributed by atoms with Gasteiger partial charge in [-0.2, -0.15) is 0 Å². The number of carboxylic acids is 1. The van der Waals surface area contributed by atoms with Crippen LogP contribution in [-0.2, 0) is 4.79 Å². The summed E-state index contributed by atoms with van der Waals surface area (Å²) in [5.41, 5.74) is 6.18. The summed E-state index contributed by atoms with van der Waals surface area (Å²) in [7, 11) is 0. The molecular formula is C11H15N3O2. The second kappa shape index (κ2) is 4.38. The summed E-state index contributed by atoms with van der Waals surface area (Å²) in [6.45, 7) is 1.40. The molecule has 0 aromatic carbocycles. The normalized spacial score (nSPS) is 20.8. The van der Waals surface area contributed by atoms with Crippen molar-refractivity contribution in [1.29, 1.82) is 0 Å². The number of hydrogen-bond acceptors (Lipinski definition) is 4. The molecule has 1 aliphatic rings. The van der Waals surface area contributed by atoms with Gasteiger partial charge in [0.05, 0.1) is 17.8 Å². The molecule has 2 heterocycles. The monoisotopic (exact) mass is 221 g/mol. The van der Waals surface area contributed by atoms with Gasteiger partial charge < -0.3 is 15.7 Å². The maximum absolute atomic E-state index is 10.9. The van der Waals surface area contributed by atoms with Crippen LogP contribution >= 0.6 is 0 Å². The standard InChI is InChI=1S/C11H15N3O2/c12-9-3-4-10(13-6-9)14-5-1-2-8(7-14)11(15)16/h3-4,6,8H,1-2,5,7,12H2,(H,15,16). The minimum atomic E-state index is -0.722. The lowest BCUT2D eigenvalue weighted by molar-refractivity contribution is -0.141. The van der Waals surface area contributed by atoms with Crippen LogP contribution in [0.3, 0.4) is 0 Å². The van der Waals surface area contributed by atoms with Crippen molar-refractivity contribution in [2.24, 2.45) is 5.92 Å². The third-order valence-electron chi connectivity index (χ3n) is 2.87. The Labute approximate surface area is 93.9 Å². The Kier molecular flexibility index (Phi) is 2.94. The number of carbonyl (C=O) groups is 1. The second-order valence-electron chi connectivity index (χ2n) is 4.07. The number of nitrogens with two attached hydrogens (primary N) is 1. The van der Waals surface area contributed by atoms with Crippen LogP contribution in [0.1, 0.15) is 12.8 Å². The summed E-state index contributed by atoms with van der Waals surface area (Å²) in [6.07, 6.45) is 3.24. The number of aliphatic carboxylic acids is 1.